The molecular formula is C17H18N2O3S. The number of carbonyl (C=O) groups excluding carboxylic acids is 1. The Hall–Kier alpha value is -2.34. The third kappa shape index (κ3) is 2.82. The van der Waals surface area contributed by atoms with E-state index in [4.69, 9.17) is 9.47 Å². The van der Waals surface area contributed by atoms with Crippen LogP contribution in [0.2, 0.25) is 0 Å². The summed E-state index contributed by atoms with van der Waals surface area (Å²) >= 11 is 1.36. The number of rotatable bonds is 5. The van der Waals surface area contributed by atoms with Crippen molar-refractivity contribution in [2.75, 3.05) is 13.7 Å². The zero-order chi connectivity index (χ0) is 16.4. The first kappa shape index (κ1) is 15.6. The quantitative estimate of drug-likeness (QED) is 0.668. The Bertz CT molecular complexity index is 834. The molecular weight excluding hydrogens is 312 g/mol. The average molecular weight is 330 g/mol. The maximum atomic E-state index is 11.8. The van der Waals surface area contributed by atoms with E-state index < -0.39 is 0 Å². The number of ether oxygens (including phenoxy) is 2. The van der Waals surface area contributed by atoms with Crippen molar-refractivity contribution in [1.29, 1.82) is 0 Å². The number of aromatic nitrogens is 2. The van der Waals surface area contributed by atoms with Crippen molar-refractivity contribution in [1.82, 2.24) is 9.38 Å². The molecule has 0 unspecified atom stereocenters. The predicted octanol–water partition coefficient (Wildman–Crippen LogP) is 3.81. The lowest BCUT2D eigenvalue weighted by Crippen LogP contribution is -2.03. The Kier molecular flexibility index (Phi) is 4.34. The topological polar surface area (TPSA) is 52.8 Å². The number of hydrogen-bond acceptors (Lipinski definition) is 5. The standard InChI is InChI=1S/C17H18N2O3S/c1-4-14-15(16(20)21-3)23-17-18-13(10-19(14)17)11-6-8-12(9-7-11)22-5-2/h6-10H,4-5H2,1-3H3. The van der Waals surface area contributed by atoms with Gasteiger partial charge < -0.3 is 9.47 Å². The van der Waals surface area contributed by atoms with E-state index in [0.29, 0.717) is 11.5 Å². The van der Waals surface area contributed by atoms with Gasteiger partial charge in [-0.15, -0.1) is 0 Å². The number of nitrogens with zero attached hydrogens (tertiary/aromatic N) is 2. The van der Waals surface area contributed by atoms with E-state index in [1.165, 1.54) is 18.4 Å². The first-order chi connectivity index (χ1) is 11.2. The van der Waals surface area contributed by atoms with Crippen LogP contribution in [0, 0.1) is 0 Å². The van der Waals surface area contributed by atoms with Gasteiger partial charge in [0.2, 0.25) is 0 Å². The molecule has 0 fully saturated rings. The van der Waals surface area contributed by atoms with Gasteiger partial charge in [0.1, 0.15) is 10.6 Å². The Morgan fingerprint density at radius 3 is 2.61 bits per heavy atom. The van der Waals surface area contributed by atoms with Crippen molar-refractivity contribution in [2.24, 2.45) is 0 Å². The van der Waals surface area contributed by atoms with E-state index in [2.05, 4.69) is 4.98 Å². The van der Waals surface area contributed by atoms with Crippen LogP contribution in [-0.2, 0) is 11.2 Å². The number of hydrogen-bond donors (Lipinski definition) is 0. The van der Waals surface area contributed by atoms with Crippen molar-refractivity contribution in [2.45, 2.75) is 20.3 Å². The number of aryl methyl sites for hydroxylation is 1. The number of fused-ring (bicyclic) bond motifs is 1. The number of thiazole rings is 1. The molecule has 0 saturated carbocycles. The van der Waals surface area contributed by atoms with Crippen LogP contribution < -0.4 is 4.74 Å². The van der Waals surface area contributed by atoms with E-state index in [-0.39, 0.29) is 5.97 Å². The summed E-state index contributed by atoms with van der Waals surface area (Å²) in [6.07, 6.45) is 2.70. The molecule has 23 heavy (non-hydrogen) atoms. The zero-order valence-corrected chi connectivity index (χ0v) is 14.1. The summed E-state index contributed by atoms with van der Waals surface area (Å²) in [5.74, 6) is 0.541. The maximum Gasteiger partial charge on any atom is 0.349 e. The van der Waals surface area contributed by atoms with Gasteiger partial charge >= 0.3 is 5.97 Å². The Balaban J connectivity index is 2.00. The molecule has 3 aromatic rings. The minimum Gasteiger partial charge on any atom is -0.494 e. The zero-order valence-electron chi connectivity index (χ0n) is 13.3. The highest BCUT2D eigenvalue weighted by molar-refractivity contribution is 7.19. The number of imidazole rings is 1. The highest BCUT2D eigenvalue weighted by atomic mass is 32.1. The van der Waals surface area contributed by atoms with E-state index in [1.54, 1.807) is 0 Å². The molecule has 0 aliphatic heterocycles. The van der Waals surface area contributed by atoms with Crippen molar-refractivity contribution in [3.05, 3.63) is 41.0 Å². The third-order valence-corrected chi connectivity index (χ3v) is 4.66. The van der Waals surface area contributed by atoms with Gasteiger partial charge in [-0.1, -0.05) is 18.3 Å². The molecule has 2 heterocycles. The molecule has 0 radical (unpaired) electrons. The van der Waals surface area contributed by atoms with Gasteiger partial charge in [-0.3, -0.25) is 4.40 Å². The average Bonchev–Trinajstić information content (AvgIpc) is 3.12. The number of methoxy groups -OCH3 is 1. The Morgan fingerprint density at radius 2 is 2.00 bits per heavy atom. The van der Waals surface area contributed by atoms with Crippen LogP contribution in [0.25, 0.3) is 16.2 Å². The van der Waals surface area contributed by atoms with Crippen LogP contribution in [0.15, 0.2) is 30.5 Å². The summed E-state index contributed by atoms with van der Waals surface area (Å²) in [4.78, 5) is 17.9. The highest BCUT2D eigenvalue weighted by Crippen LogP contribution is 2.29. The fourth-order valence-electron chi connectivity index (χ4n) is 2.50. The van der Waals surface area contributed by atoms with Crippen LogP contribution in [0.1, 0.15) is 29.2 Å². The molecule has 0 atom stereocenters. The first-order valence-corrected chi connectivity index (χ1v) is 8.31. The second-order valence-electron chi connectivity index (χ2n) is 4.96. The Labute approximate surface area is 138 Å². The molecule has 0 N–H and O–H groups in total. The molecule has 0 aliphatic rings. The molecule has 2 aromatic heterocycles. The molecule has 3 rings (SSSR count). The molecule has 0 saturated heterocycles. The molecule has 5 nitrogen and oxygen atoms in total. The summed E-state index contributed by atoms with van der Waals surface area (Å²) < 4.78 is 12.3. The number of benzene rings is 1. The van der Waals surface area contributed by atoms with Crippen LogP contribution in [0.5, 0.6) is 5.75 Å². The lowest BCUT2D eigenvalue weighted by atomic mass is 10.1. The van der Waals surface area contributed by atoms with Gasteiger partial charge in [-0.25, -0.2) is 9.78 Å². The third-order valence-electron chi connectivity index (χ3n) is 3.59. The van der Waals surface area contributed by atoms with Gasteiger partial charge in [-0.05, 0) is 37.6 Å². The fraction of sp³-hybridized carbons (Fsp3) is 0.294. The van der Waals surface area contributed by atoms with Gasteiger partial charge in [0, 0.05) is 17.5 Å². The molecule has 120 valence electrons. The van der Waals surface area contributed by atoms with E-state index in [0.717, 1.165) is 34.1 Å². The Morgan fingerprint density at radius 1 is 1.26 bits per heavy atom. The number of carbonyl (C=O) groups is 1. The monoisotopic (exact) mass is 330 g/mol. The van der Waals surface area contributed by atoms with Crippen LogP contribution in [-0.4, -0.2) is 29.1 Å². The minimum absolute atomic E-state index is 0.306. The lowest BCUT2D eigenvalue weighted by molar-refractivity contribution is 0.0604. The summed E-state index contributed by atoms with van der Waals surface area (Å²) in [6.45, 7) is 4.63. The van der Waals surface area contributed by atoms with Crippen molar-refractivity contribution in [3.63, 3.8) is 0 Å². The molecule has 0 amide bonds. The first-order valence-electron chi connectivity index (χ1n) is 7.50. The van der Waals surface area contributed by atoms with Gasteiger partial charge in [0.25, 0.3) is 0 Å². The van der Waals surface area contributed by atoms with E-state index in [9.17, 15) is 4.79 Å². The normalized spacial score (nSPS) is 10.9. The molecule has 0 spiro atoms. The SMILES string of the molecule is CCOc1ccc(-c2cn3c(CC)c(C(=O)OC)sc3n2)cc1. The lowest BCUT2D eigenvalue weighted by Gasteiger charge is -2.03. The molecule has 1 aromatic carbocycles. The second-order valence-corrected chi connectivity index (χ2v) is 5.94. The fourth-order valence-corrected chi connectivity index (χ4v) is 3.61. The van der Waals surface area contributed by atoms with Gasteiger partial charge in [0.05, 0.1) is 19.4 Å². The van der Waals surface area contributed by atoms with Crippen LogP contribution in [0.4, 0.5) is 0 Å². The molecule has 6 heteroatoms. The van der Waals surface area contributed by atoms with Crippen molar-refractivity contribution < 1.29 is 14.3 Å². The summed E-state index contributed by atoms with van der Waals surface area (Å²) in [5.41, 5.74) is 2.83. The van der Waals surface area contributed by atoms with E-state index >= 15 is 0 Å². The molecule has 0 bridgehead atoms. The summed E-state index contributed by atoms with van der Waals surface area (Å²) in [7, 11) is 1.40. The summed E-state index contributed by atoms with van der Waals surface area (Å²) in [6, 6.07) is 7.86. The predicted molar refractivity (Wildman–Crippen MR) is 90.4 cm³/mol. The van der Waals surface area contributed by atoms with Crippen molar-refractivity contribution in [3.8, 4) is 17.0 Å². The van der Waals surface area contributed by atoms with Crippen molar-refractivity contribution >= 4 is 22.3 Å². The van der Waals surface area contributed by atoms with E-state index in [1.807, 2.05) is 48.7 Å². The smallest absolute Gasteiger partial charge is 0.349 e. The number of esters is 1. The second kappa shape index (κ2) is 6.42. The van der Waals surface area contributed by atoms with Gasteiger partial charge in [0.15, 0.2) is 4.96 Å². The largest absolute Gasteiger partial charge is 0.494 e. The summed E-state index contributed by atoms with van der Waals surface area (Å²) in [5, 5.41) is 0. The molecule has 0 aliphatic carbocycles. The maximum absolute atomic E-state index is 11.8. The van der Waals surface area contributed by atoms with Gasteiger partial charge in [-0.2, -0.15) is 0 Å². The van der Waals surface area contributed by atoms with Crippen LogP contribution >= 0.6 is 11.3 Å². The van der Waals surface area contributed by atoms with Crippen LogP contribution in [0.3, 0.4) is 0 Å². The highest BCUT2D eigenvalue weighted by Gasteiger charge is 2.20. The minimum atomic E-state index is -0.306.